The number of nitrogens with one attached hydrogen (secondary N) is 1. The molecule has 0 aliphatic carbocycles. The molecule has 0 spiro atoms. The van der Waals surface area contributed by atoms with Gasteiger partial charge in [-0.25, -0.2) is 0 Å². The van der Waals surface area contributed by atoms with Gasteiger partial charge in [-0.15, -0.1) is 0 Å². The number of pyridine rings is 1. The van der Waals surface area contributed by atoms with Crippen LogP contribution in [0.25, 0.3) is 0 Å². The smallest absolute Gasteiger partial charge is 0.238 e. The lowest BCUT2D eigenvalue weighted by Crippen LogP contribution is -2.51. The van der Waals surface area contributed by atoms with Crippen molar-refractivity contribution < 1.29 is 9.90 Å². The van der Waals surface area contributed by atoms with Gasteiger partial charge in [-0.3, -0.25) is 19.6 Å². The summed E-state index contributed by atoms with van der Waals surface area (Å²) in [6.07, 6.45) is 2.99. The first-order chi connectivity index (χ1) is 10.8. The number of aliphatic hydroxyl groups excluding tert-OH is 1. The van der Waals surface area contributed by atoms with Crippen molar-refractivity contribution in [3.05, 3.63) is 24.5 Å². The maximum atomic E-state index is 12.0. The van der Waals surface area contributed by atoms with E-state index < -0.39 is 0 Å². The Balaban J connectivity index is 1.71. The van der Waals surface area contributed by atoms with Crippen molar-refractivity contribution in [1.82, 2.24) is 14.8 Å². The second-order valence-corrected chi connectivity index (χ2v) is 7.25. The van der Waals surface area contributed by atoms with Crippen LogP contribution in [0.1, 0.15) is 20.8 Å². The highest BCUT2D eigenvalue weighted by molar-refractivity contribution is 5.92. The van der Waals surface area contributed by atoms with Crippen LogP contribution in [0.3, 0.4) is 0 Å². The zero-order valence-corrected chi connectivity index (χ0v) is 14.3. The number of aromatic nitrogens is 1. The van der Waals surface area contributed by atoms with Crippen molar-refractivity contribution in [2.24, 2.45) is 5.41 Å². The molecule has 0 radical (unpaired) electrons. The lowest BCUT2D eigenvalue weighted by atomic mass is 9.89. The molecule has 1 aliphatic rings. The highest BCUT2D eigenvalue weighted by Gasteiger charge is 2.26. The van der Waals surface area contributed by atoms with Crippen LogP contribution in [0.15, 0.2) is 24.5 Å². The largest absolute Gasteiger partial charge is 0.391 e. The average Bonchev–Trinajstić information content (AvgIpc) is 2.49. The van der Waals surface area contributed by atoms with Gasteiger partial charge in [-0.2, -0.15) is 0 Å². The predicted molar refractivity (Wildman–Crippen MR) is 91.2 cm³/mol. The second-order valence-electron chi connectivity index (χ2n) is 7.25. The molecule has 1 amide bonds. The fourth-order valence-corrected chi connectivity index (χ4v) is 2.49. The van der Waals surface area contributed by atoms with Crippen LogP contribution in [0.4, 0.5) is 5.69 Å². The molecule has 2 rings (SSSR count). The minimum Gasteiger partial charge on any atom is -0.391 e. The molecule has 2 N–H and O–H groups in total. The van der Waals surface area contributed by atoms with Crippen LogP contribution < -0.4 is 5.32 Å². The van der Waals surface area contributed by atoms with Crippen LogP contribution in [0.5, 0.6) is 0 Å². The van der Waals surface area contributed by atoms with E-state index in [0.717, 1.165) is 31.9 Å². The summed E-state index contributed by atoms with van der Waals surface area (Å²) < 4.78 is 0. The molecule has 1 aromatic heterocycles. The maximum Gasteiger partial charge on any atom is 0.238 e. The predicted octanol–water partition coefficient (Wildman–Crippen LogP) is 1.04. The minimum absolute atomic E-state index is 0.0128. The van der Waals surface area contributed by atoms with Gasteiger partial charge in [-0.05, 0) is 17.5 Å². The molecule has 128 valence electrons. The Morgan fingerprint density at radius 3 is 2.52 bits per heavy atom. The van der Waals surface area contributed by atoms with Gasteiger partial charge in [0.2, 0.25) is 5.91 Å². The Hall–Kier alpha value is -1.50. The molecular weight excluding hydrogens is 292 g/mol. The quantitative estimate of drug-likeness (QED) is 0.848. The summed E-state index contributed by atoms with van der Waals surface area (Å²) in [6, 6.07) is 3.63. The van der Waals surface area contributed by atoms with Gasteiger partial charge in [0, 0.05) is 38.9 Å². The van der Waals surface area contributed by atoms with Crippen LogP contribution >= 0.6 is 0 Å². The third kappa shape index (κ3) is 5.89. The first-order valence-corrected chi connectivity index (χ1v) is 8.17. The van der Waals surface area contributed by atoms with Gasteiger partial charge in [0.25, 0.3) is 0 Å². The van der Waals surface area contributed by atoms with Gasteiger partial charge in [0.15, 0.2) is 0 Å². The first kappa shape index (κ1) is 17.8. The number of carbonyl (C=O) groups excluding carboxylic acids is 1. The van der Waals surface area contributed by atoms with E-state index in [1.54, 1.807) is 18.5 Å². The normalized spacial score (nSPS) is 18.6. The highest BCUT2D eigenvalue weighted by atomic mass is 16.3. The van der Waals surface area contributed by atoms with Crippen molar-refractivity contribution in [2.45, 2.75) is 26.9 Å². The van der Waals surface area contributed by atoms with E-state index in [4.69, 9.17) is 0 Å². The van der Waals surface area contributed by atoms with E-state index in [2.05, 4.69) is 40.9 Å². The van der Waals surface area contributed by atoms with E-state index in [1.165, 1.54) is 0 Å². The van der Waals surface area contributed by atoms with Gasteiger partial charge < -0.3 is 10.4 Å². The molecule has 0 unspecified atom stereocenters. The Kier molecular flexibility index (Phi) is 6.10. The number of nitrogens with zero attached hydrogens (tertiary/aromatic N) is 3. The van der Waals surface area contributed by atoms with E-state index in [1.807, 2.05) is 6.07 Å². The number of anilines is 1. The summed E-state index contributed by atoms with van der Waals surface area (Å²) >= 11 is 0. The van der Waals surface area contributed by atoms with Crippen LogP contribution in [0.2, 0.25) is 0 Å². The summed E-state index contributed by atoms with van der Waals surface area (Å²) in [5.74, 6) is -0.0128. The molecule has 0 saturated carbocycles. The SMILES string of the molecule is CC(C)(C)[C@@H](O)CN1CCN(CC(=O)Nc2cccnc2)CC1. The Labute approximate surface area is 138 Å². The Morgan fingerprint density at radius 1 is 1.30 bits per heavy atom. The molecule has 1 aromatic rings. The summed E-state index contributed by atoms with van der Waals surface area (Å²) in [5, 5.41) is 13.0. The number of hydrogen-bond acceptors (Lipinski definition) is 5. The molecule has 1 saturated heterocycles. The van der Waals surface area contributed by atoms with Crippen molar-refractivity contribution in [3.63, 3.8) is 0 Å². The Bertz CT molecular complexity index is 493. The molecule has 6 heteroatoms. The van der Waals surface area contributed by atoms with E-state index in [0.29, 0.717) is 13.1 Å². The standard InChI is InChI=1S/C17H28N4O2/c1-17(2,3)15(22)12-20-7-9-21(10-8-20)13-16(23)19-14-5-4-6-18-11-14/h4-6,11,15,22H,7-10,12-13H2,1-3H3,(H,19,23)/t15-/m0/s1. The van der Waals surface area contributed by atoms with E-state index in [9.17, 15) is 9.90 Å². The summed E-state index contributed by atoms with van der Waals surface area (Å²) in [6.45, 7) is 10.7. The molecular formula is C17H28N4O2. The zero-order valence-electron chi connectivity index (χ0n) is 14.3. The molecule has 2 heterocycles. The average molecular weight is 320 g/mol. The van der Waals surface area contributed by atoms with E-state index in [-0.39, 0.29) is 17.4 Å². The monoisotopic (exact) mass is 320 g/mol. The molecule has 1 fully saturated rings. The van der Waals surface area contributed by atoms with Gasteiger partial charge in [0.1, 0.15) is 0 Å². The van der Waals surface area contributed by atoms with Crippen molar-refractivity contribution >= 4 is 11.6 Å². The molecule has 1 atom stereocenters. The van der Waals surface area contributed by atoms with Crippen LogP contribution in [0, 0.1) is 5.41 Å². The third-order valence-electron chi connectivity index (χ3n) is 4.21. The maximum absolute atomic E-state index is 12.0. The number of aliphatic hydroxyl groups is 1. The van der Waals surface area contributed by atoms with E-state index >= 15 is 0 Å². The lowest BCUT2D eigenvalue weighted by molar-refractivity contribution is -0.117. The number of piperazine rings is 1. The zero-order chi connectivity index (χ0) is 16.9. The van der Waals surface area contributed by atoms with Crippen molar-refractivity contribution in [1.29, 1.82) is 0 Å². The van der Waals surface area contributed by atoms with Crippen LogP contribution in [-0.4, -0.2) is 71.2 Å². The molecule has 23 heavy (non-hydrogen) atoms. The van der Waals surface area contributed by atoms with Gasteiger partial charge in [0.05, 0.1) is 24.5 Å². The second kappa shape index (κ2) is 7.86. The number of β-amino-alcohol motifs (C(OH)–C–C–N with tert-alkyl or cyclic N) is 1. The Morgan fingerprint density at radius 2 is 1.96 bits per heavy atom. The molecule has 0 bridgehead atoms. The van der Waals surface area contributed by atoms with Crippen molar-refractivity contribution in [3.8, 4) is 0 Å². The van der Waals surface area contributed by atoms with Gasteiger partial charge >= 0.3 is 0 Å². The fraction of sp³-hybridized carbons (Fsp3) is 0.647. The summed E-state index contributed by atoms with van der Waals surface area (Å²) in [4.78, 5) is 20.4. The number of amides is 1. The lowest BCUT2D eigenvalue weighted by Gasteiger charge is -2.37. The number of carbonyl (C=O) groups is 1. The van der Waals surface area contributed by atoms with Gasteiger partial charge in [-0.1, -0.05) is 20.8 Å². The highest BCUT2D eigenvalue weighted by Crippen LogP contribution is 2.20. The number of hydrogen-bond donors (Lipinski definition) is 2. The minimum atomic E-state index is -0.331. The fourth-order valence-electron chi connectivity index (χ4n) is 2.49. The van der Waals surface area contributed by atoms with Crippen LogP contribution in [-0.2, 0) is 4.79 Å². The summed E-state index contributed by atoms with van der Waals surface area (Å²) in [5.41, 5.74) is 0.630. The topological polar surface area (TPSA) is 68.7 Å². The molecule has 6 nitrogen and oxygen atoms in total. The molecule has 1 aliphatic heterocycles. The van der Waals surface area contributed by atoms with Crippen molar-refractivity contribution in [2.75, 3.05) is 44.6 Å². The molecule has 0 aromatic carbocycles. The third-order valence-corrected chi connectivity index (χ3v) is 4.21. The number of rotatable bonds is 5. The first-order valence-electron chi connectivity index (χ1n) is 8.17. The summed E-state index contributed by atoms with van der Waals surface area (Å²) in [7, 11) is 0.